The van der Waals surface area contributed by atoms with Gasteiger partial charge in [0.1, 0.15) is 11.8 Å². The van der Waals surface area contributed by atoms with Gasteiger partial charge in [0.15, 0.2) is 4.34 Å². The first kappa shape index (κ1) is 23.4. The maximum absolute atomic E-state index is 12.9. The molecule has 160 valence electrons. The number of benzene rings is 1. The van der Waals surface area contributed by atoms with Crippen LogP contribution in [-0.2, 0) is 14.8 Å². The Hall–Kier alpha value is -1.85. The molecule has 2 rings (SSSR count). The summed E-state index contributed by atoms with van der Waals surface area (Å²) in [5.74, 6) is 0.176. The lowest BCUT2D eigenvalue weighted by molar-refractivity contribution is -0.117. The van der Waals surface area contributed by atoms with E-state index in [-0.39, 0.29) is 0 Å². The average Bonchev–Trinajstić information content (AvgIpc) is 3.05. The lowest BCUT2D eigenvalue weighted by Crippen LogP contribution is -2.47. The first-order chi connectivity index (χ1) is 13.7. The molecular weight excluding hydrogens is 432 g/mol. The molecule has 0 saturated heterocycles. The standard InChI is InChI=1S/C18H26N4O4S3/c1-6-15(16(23)19-17-20-21-18(28-17)27-12(3)4)22(29(5,24)25)13-8-10-14(11-9-13)26-7-2/h8-12,15H,6-7H2,1-5H3,(H,19,20,23)/t15-/m1/s1. The van der Waals surface area contributed by atoms with Gasteiger partial charge in [0, 0.05) is 5.25 Å². The van der Waals surface area contributed by atoms with E-state index in [1.807, 2.05) is 20.8 Å². The molecule has 8 nitrogen and oxygen atoms in total. The third-order valence-electron chi connectivity index (χ3n) is 3.71. The molecular formula is C18H26N4O4S3. The number of carbonyl (C=O) groups excluding carboxylic acids is 1. The minimum atomic E-state index is -3.71. The predicted molar refractivity (Wildman–Crippen MR) is 119 cm³/mol. The second kappa shape index (κ2) is 10.3. The second-order valence-corrected chi connectivity index (χ2v) is 11.1. The molecule has 29 heavy (non-hydrogen) atoms. The number of hydrogen-bond acceptors (Lipinski definition) is 8. The van der Waals surface area contributed by atoms with Crippen LogP contribution in [0.15, 0.2) is 28.6 Å². The van der Waals surface area contributed by atoms with Gasteiger partial charge in [-0.1, -0.05) is 43.9 Å². The number of carbonyl (C=O) groups is 1. The third kappa shape index (κ3) is 6.58. The van der Waals surface area contributed by atoms with Crippen LogP contribution in [-0.4, -0.2) is 48.7 Å². The molecule has 2 aromatic rings. The first-order valence-electron chi connectivity index (χ1n) is 9.19. The van der Waals surface area contributed by atoms with Crippen molar-refractivity contribution in [2.24, 2.45) is 0 Å². The van der Waals surface area contributed by atoms with Crippen molar-refractivity contribution in [3.8, 4) is 5.75 Å². The Labute approximate surface area is 180 Å². The molecule has 0 unspecified atom stereocenters. The molecule has 1 aromatic carbocycles. The van der Waals surface area contributed by atoms with Crippen molar-refractivity contribution in [2.75, 3.05) is 22.5 Å². The zero-order valence-electron chi connectivity index (χ0n) is 17.1. The summed E-state index contributed by atoms with van der Waals surface area (Å²) >= 11 is 2.81. The van der Waals surface area contributed by atoms with Gasteiger partial charge < -0.3 is 4.74 Å². The van der Waals surface area contributed by atoms with Crippen molar-refractivity contribution < 1.29 is 17.9 Å². The monoisotopic (exact) mass is 458 g/mol. The molecule has 1 heterocycles. The zero-order valence-corrected chi connectivity index (χ0v) is 19.5. The minimum Gasteiger partial charge on any atom is -0.494 e. The number of sulfonamides is 1. The fraction of sp³-hybridized carbons (Fsp3) is 0.500. The van der Waals surface area contributed by atoms with E-state index < -0.39 is 22.0 Å². The van der Waals surface area contributed by atoms with E-state index in [4.69, 9.17) is 4.74 Å². The lowest BCUT2D eigenvalue weighted by atomic mass is 10.2. The van der Waals surface area contributed by atoms with Crippen LogP contribution < -0.4 is 14.4 Å². The summed E-state index contributed by atoms with van der Waals surface area (Å²) in [6.07, 6.45) is 1.38. The quantitative estimate of drug-likeness (QED) is 0.428. The van der Waals surface area contributed by atoms with Gasteiger partial charge in [-0.3, -0.25) is 14.4 Å². The molecule has 1 amide bonds. The van der Waals surface area contributed by atoms with Crippen LogP contribution in [0.25, 0.3) is 0 Å². The van der Waals surface area contributed by atoms with Gasteiger partial charge in [0.05, 0.1) is 18.6 Å². The molecule has 1 atom stereocenters. The minimum absolute atomic E-state index is 0.290. The van der Waals surface area contributed by atoms with E-state index in [2.05, 4.69) is 15.5 Å². The molecule has 0 aliphatic heterocycles. The highest BCUT2D eigenvalue weighted by molar-refractivity contribution is 8.01. The van der Waals surface area contributed by atoms with E-state index in [1.54, 1.807) is 43.0 Å². The van der Waals surface area contributed by atoms with Crippen LogP contribution in [0.2, 0.25) is 0 Å². The van der Waals surface area contributed by atoms with Crippen LogP contribution in [0, 0.1) is 0 Å². The maximum atomic E-state index is 12.9. The van der Waals surface area contributed by atoms with Crippen molar-refractivity contribution >= 4 is 49.8 Å². The fourth-order valence-corrected chi connectivity index (χ4v) is 5.80. The van der Waals surface area contributed by atoms with Gasteiger partial charge >= 0.3 is 0 Å². The number of rotatable bonds is 10. The molecule has 0 fully saturated rings. The Balaban J connectivity index is 2.26. The number of thioether (sulfide) groups is 1. The summed E-state index contributed by atoms with van der Waals surface area (Å²) in [7, 11) is -3.71. The normalized spacial score (nSPS) is 12.6. The molecule has 1 aromatic heterocycles. The predicted octanol–water partition coefficient (Wildman–Crippen LogP) is 3.62. The van der Waals surface area contributed by atoms with Crippen molar-refractivity contribution in [2.45, 2.75) is 49.7 Å². The molecule has 0 bridgehead atoms. The van der Waals surface area contributed by atoms with Crippen molar-refractivity contribution in [1.29, 1.82) is 0 Å². The highest BCUT2D eigenvalue weighted by atomic mass is 32.2. The van der Waals surface area contributed by atoms with Gasteiger partial charge in [-0.05, 0) is 37.6 Å². The van der Waals surface area contributed by atoms with E-state index >= 15 is 0 Å². The largest absolute Gasteiger partial charge is 0.494 e. The van der Waals surface area contributed by atoms with Crippen LogP contribution >= 0.6 is 23.1 Å². The van der Waals surface area contributed by atoms with Gasteiger partial charge in [0.2, 0.25) is 21.1 Å². The van der Waals surface area contributed by atoms with Crippen molar-refractivity contribution in [3.63, 3.8) is 0 Å². The molecule has 1 N–H and O–H groups in total. The summed E-state index contributed by atoms with van der Waals surface area (Å²) in [5.41, 5.74) is 0.395. The number of aromatic nitrogens is 2. The Kier molecular flexibility index (Phi) is 8.29. The smallest absolute Gasteiger partial charge is 0.250 e. The number of nitrogens with zero attached hydrogens (tertiary/aromatic N) is 3. The van der Waals surface area contributed by atoms with E-state index in [0.29, 0.717) is 34.8 Å². The number of amides is 1. The topological polar surface area (TPSA) is 101 Å². The van der Waals surface area contributed by atoms with E-state index in [1.165, 1.54) is 11.3 Å². The second-order valence-electron chi connectivity index (χ2n) is 6.44. The summed E-state index contributed by atoms with van der Waals surface area (Å²) in [5, 5.41) is 11.4. The van der Waals surface area contributed by atoms with Crippen molar-refractivity contribution in [1.82, 2.24) is 10.2 Å². The zero-order chi connectivity index (χ0) is 21.6. The van der Waals surface area contributed by atoms with Crippen molar-refractivity contribution in [3.05, 3.63) is 24.3 Å². The Morgan fingerprint density at radius 1 is 1.24 bits per heavy atom. The van der Waals surface area contributed by atoms with E-state index in [0.717, 1.165) is 14.9 Å². The highest BCUT2D eigenvalue weighted by Gasteiger charge is 2.32. The summed E-state index contributed by atoms with van der Waals surface area (Å²) < 4.78 is 32.3. The number of anilines is 2. The van der Waals surface area contributed by atoms with Gasteiger partial charge in [-0.25, -0.2) is 8.42 Å². The van der Waals surface area contributed by atoms with Gasteiger partial charge in [-0.15, -0.1) is 10.2 Å². The summed E-state index contributed by atoms with van der Waals surface area (Å²) in [6, 6.07) is 5.70. The first-order valence-corrected chi connectivity index (χ1v) is 12.7. The summed E-state index contributed by atoms with van der Waals surface area (Å²) in [4.78, 5) is 12.9. The Bertz CT molecular complexity index is 913. The van der Waals surface area contributed by atoms with Crippen LogP contribution in [0.4, 0.5) is 10.8 Å². The van der Waals surface area contributed by atoms with Gasteiger partial charge in [-0.2, -0.15) is 0 Å². The van der Waals surface area contributed by atoms with Gasteiger partial charge in [0.25, 0.3) is 0 Å². The van der Waals surface area contributed by atoms with Crippen LogP contribution in [0.1, 0.15) is 34.1 Å². The third-order valence-corrected chi connectivity index (χ3v) is 6.81. The fourth-order valence-electron chi connectivity index (χ4n) is 2.61. The Morgan fingerprint density at radius 3 is 2.41 bits per heavy atom. The molecule has 0 radical (unpaired) electrons. The molecule has 0 aliphatic rings. The SMILES string of the molecule is CCOc1ccc(N([C@H](CC)C(=O)Nc2nnc(SC(C)C)s2)S(C)(=O)=O)cc1. The number of hydrogen-bond donors (Lipinski definition) is 1. The Morgan fingerprint density at radius 2 is 1.90 bits per heavy atom. The average molecular weight is 459 g/mol. The molecule has 0 saturated carbocycles. The highest BCUT2D eigenvalue weighted by Crippen LogP contribution is 2.30. The molecule has 11 heteroatoms. The number of ether oxygens (including phenoxy) is 1. The number of nitrogens with one attached hydrogen (secondary N) is 1. The molecule has 0 spiro atoms. The van der Waals surface area contributed by atoms with Crippen LogP contribution in [0.3, 0.4) is 0 Å². The van der Waals surface area contributed by atoms with E-state index in [9.17, 15) is 13.2 Å². The molecule has 0 aliphatic carbocycles. The van der Waals surface area contributed by atoms with Crippen LogP contribution in [0.5, 0.6) is 5.75 Å². The maximum Gasteiger partial charge on any atom is 0.250 e. The lowest BCUT2D eigenvalue weighted by Gasteiger charge is -2.29. The summed E-state index contributed by atoms with van der Waals surface area (Å²) in [6.45, 7) is 8.22.